The molecule has 0 unspecified atom stereocenters. The third-order valence-corrected chi connectivity index (χ3v) is 4.56. The lowest BCUT2D eigenvalue weighted by atomic mass is 10.0. The Kier molecular flexibility index (Phi) is 4.65. The van der Waals surface area contributed by atoms with Crippen LogP contribution >= 0.6 is 11.3 Å². The zero-order chi connectivity index (χ0) is 15.4. The van der Waals surface area contributed by atoms with E-state index in [4.69, 9.17) is 5.11 Å². The monoisotopic (exact) mass is 313 g/mol. The van der Waals surface area contributed by atoms with Crippen LogP contribution in [0, 0.1) is 0 Å². The second kappa shape index (κ2) is 6.85. The topological polar surface area (TPSA) is 58.0 Å². The van der Waals surface area contributed by atoms with E-state index in [9.17, 15) is 0 Å². The first-order valence-corrected chi connectivity index (χ1v) is 8.37. The number of aromatic nitrogens is 2. The number of anilines is 1. The van der Waals surface area contributed by atoms with Gasteiger partial charge in [0.2, 0.25) is 0 Å². The van der Waals surface area contributed by atoms with Crippen molar-refractivity contribution in [3.8, 4) is 11.1 Å². The van der Waals surface area contributed by atoms with Gasteiger partial charge in [-0.2, -0.15) is 0 Å². The molecule has 0 amide bonds. The molecule has 5 heteroatoms. The van der Waals surface area contributed by atoms with Crippen LogP contribution in [0.1, 0.15) is 18.9 Å². The molecule has 22 heavy (non-hydrogen) atoms. The Morgan fingerprint density at radius 3 is 2.73 bits per heavy atom. The fourth-order valence-electron chi connectivity index (χ4n) is 2.43. The Labute approximate surface area is 133 Å². The molecule has 0 bridgehead atoms. The van der Waals surface area contributed by atoms with Crippen molar-refractivity contribution >= 4 is 27.4 Å². The lowest BCUT2D eigenvalue weighted by molar-refractivity contribution is 0.292. The van der Waals surface area contributed by atoms with Gasteiger partial charge in [0.25, 0.3) is 0 Å². The summed E-state index contributed by atoms with van der Waals surface area (Å²) in [6.45, 7) is 3.04. The Balaban J connectivity index is 2.01. The summed E-state index contributed by atoms with van der Waals surface area (Å²) < 4.78 is 0. The number of rotatable bonds is 6. The van der Waals surface area contributed by atoms with Gasteiger partial charge >= 0.3 is 0 Å². The number of aliphatic hydroxyl groups is 1. The third kappa shape index (κ3) is 2.96. The maximum atomic E-state index is 8.93. The maximum Gasteiger partial charge on any atom is 0.138 e. The molecule has 0 atom stereocenters. The first-order chi connectivity index (χ1) is 10.8. The molecule has 2 N–H and O–H groups in total. The second-order valence-corrected chi connectivity index (χ2v) is 5.96. The van der Waals surface area contributed by atoms with Gasteiger partial charge in [-0.1, -0.05) is 31.2 Å². The van der Waals surface area contributed by atoms with Crippen molar-refractivity contribution in [3.63, 3.8) is 0 Å². The first kappa shape index (κ1) is 14.9. The number of benzene rings is 1. The molecular formula is C17H19N3OS. The smallest absolute Gasteiger partial charge is 0.138 e. The van der Waals surface area contributed by atoms with Crippen LogP contribution in [0.25, 0.3) is 21.3 Å². The highest BCUT2D eigenvalue weighted by atomic mass is 32.1. The largest absolute Gasteiger partial charge is 0.396 e. The number of fused-ring (bicyclic) bond motifs is 1. The van der Waals surface area contributed by atoms with Crippen molar-refractivity contribution in [3.05, 3.63) is 41.5 Å². The van der Waals surface area contributed by atoms with Gasteiger partial charge in [0.15, 0.2) is 0 Å². The molecule has 3 rings (SSSR count). The Morgan fingerprint density at radius 1 is 1.18 bits per heavy atom. The van der Waals surface area contributed by atoms with Crippen molar-refractivity contribution < 1.29 is 5.11 Å². The summed E-state index contributed by atoms with van der Waals surface area (Å²) in [6, 6.07) is 8.65. The summed E-state index contributed by atoms with van der Waals surface area (Å²) >= 11 is 1.63. The van der Waals surface area contributed by atoms with Gasteiger partial charge in [-0.25, -0.2) is 9.97 Å². The van der Waals surface area contributed by atoms with Crippen LogP contribution in [0.4, 0.5) is 5.82 Å². The van der Waals surface area contributed by atoms with Crippen molar-refractivity contribution in [1.82, 2.24) is 9.97 Å². The third-order valence-electron chi connectivity index (χ3n) is 3.67. The zero-order valence-corrected chi connectivity index (χ0v) is 13.4. The Hall–Kier alpha value is -1.98. The summed E-state index contributed by atoms with van der Waals surface area (Å²) in [4.78, 5) is 9.72. The van der Waals surface area contributed by atoms with Crippen molar-refractivity contribution in [2.45, 2.75) is 19.8 Å². The molecule has 4 nitrogen and oxygen atoms in total. The Morgan fingerprint density at radius 2 is 2.00 bits per heavy atom. The van der Waals surface area contributed by atoms with Crippen LogP contribution in [0.5, 0.6) is 0 Å². The quantitative estimate of drug-likeness (QED) is 0.681. The highest BCUT2D eigenvalue weighted by Gasteiger charge is 2.12. The predicted octanol–water partition coefficient (Wildman–Crippen LogP) is 3.72. The zero-order valence-electron chi connectivity index (χ0n) is 12.5. The minimum atomic E-state index is 0.177. The van der Waals surface area contributed by atoms with E-state index in [-0.39, 0.29) is 6.61 Å². The molecule has 0 spiro atoms. The molecule has 0 aliphatic heterocycles. The van der Waals surface area contributed by atoms with Gasteiger partial charge in [-0.3, -0.25) is 0 Å². The first-order valence-electron chi connectivity index (χ1n) is 7.49. The second-order valence-electron chi connectivity index (χ2n) is 5.11. The number of nitrogens with one attached hydrogen (secondary N) is 1. The molecular weight excluding hydrogens is 294 g/mol. The minimum Gasteiger partial charge on any atom is -0.396 e. The van der Waals surface area contributed by atoms with Gasteiger partial charge in [0.05, 0.1) is 5.39 Å². The molecule has 1 aromatic carbocycles. The number of aryl methyl sites for hydroxylation is 1. The van der Waals surface area contributed by atoms with Crippen LogP contribution in [0.2, 0.25) is 0 Å². The van der Waals surface area contributed by atoms with E-state index in [1.54, 1.807) is 17.7 Å². The Bertz CT molecular complexity index is 752. The summed E-state index contributed by atoms with van der Waals surface area (Å²) in [5, 5.41) is 15.4. The van der Waals surface area contributed by atoms with Gasteiger partial charge in [0, 0.05) is 24.1 Å². The molecule has 3 aromatic rings. The van der Waals surface area contributed by atoms with E-state index in [1.807, 2.05) is 0 Å². The normalized spacial score (nSPS) is 11.0. The minimum absolute atomic E-state index is 0.177. The summed E-state index contributed by atoms with van der Waals surface area (Å²) in [7, 11) is 0. The van der Waals surface area contributed by atoms with E-state index in [0.29, 0.717) is 13.0 Å². The van der Waals surface area contributed by atoms with Gasteiger partial charge in [-0.15, -0.1) is 11.3 Å². The molecule has 0 radical (unpaired) electrons. The van der Waals surface area contributed by atoms with Crippen LogP contribution in [-0.2, 0) is 6.42 Å². The fourth-order valence-corrected chi connectivity index (χ4v) is 3.34. The molecule has 114 valence electrons. The SMILES string of the molecule is CCc1ccc(-c2csc3ncnc(NCCCO)c23)cc1. The van der Waals surface area contributed by atoms with Crippen LogP contribution in [0.3, 0.4) is 0 Å². The average molecular weight is 313 g/mol. The highest BCUT2D eigenvalue weighted by Crippen LogP contribution is 2.36. The van der Waals surface area contributed by atoms with E-state index in [1.165, 1.54) is 11.1 Å². The highest BCUT2D eigenvalue weighted by molar-refractivity contribution is 7.17. The lowest BCUT2D eigenvalue weighted by Crippen LogP contribution is -2.05. The number of nitrogens with zero attached hydrogens (tertiary/aromatic N) is 2. The summed E-state index contributed by atoms with van der Waals surface area (Å²) in [5.74, 6) is 0.842. The van der Waals surface area contributed by atoms with Gasteiger partial charge < -0.3 is 10.4 Å². The summed E-state index contributed by atoms with van der Waals surface area (Å²) in [6.07, 6.45) is 3.34. The lowest BCUT2D eigenvalue weighted by Gasteiger charge is -2.08. The molecule has 0 aliphatic carbocycles. The maximum absolute atomic E-state index is 8.93. The molecule has 0 aliphatic rings. The predicted molar refractivity (Wildman–Crippen MR) is 92.4 cm³/mol. The molecule has 0 saturated carbocycles. The standard InChI is InChI=1S/C17H19N3OS/c1-2-12-4-6-13(7-5-12)14-10-22-17-15(14)16(19-11-20-17)18-8-3-9-21/h4-7,10-11,21H,2-3,8-9H2,1H3,(H,18,19,20). The number of hydrogen-bond acceptors (Lipinski definition) is 5. The number of hydrogen-bond donors (Lipinski definition) is 2. The van der Waals surface area contributed by atoms with Crippen molar-refractivity contribution in [1.29, 1.82) is 0 Å². The number of aliphatic hydroxyl groups excluding tert-OH is 1. The van der Waals surface area contributed by atoms with E-state index in [0.717, 1.165) is 28.0 Å². The molecule has 0 saturated heterocycles. The molecule has 2 heterocycles. The van der Waals surface area contributed by atoms with Crippen molar-refractivity contribution in [2.24, 2.45) is 0 Å². The van der Waals surface area contributed by atoms with Crippen molar-refractivity contribution in [2.75, 3.05) is 18.5 Å². The molecule has 0 fully saturated rings. The molecule has 2 aromatic heterocycles. The average Bonchev–Trinajstić information content (AvgIpc) is 3.00. The van der Waals surface area contributed by atoms with E-state index >= 15 is 0 Å². The van der Waals surface area contributed by atoms with Crippen LogP contribution in [-0.4, -0.2) is 28.2 Å². The van der Waals surface area contributed by atoms with Crippen LogP contribution in [0.15, 0.2) is 36.0 Å². The van der Waals surface area contributed by atoms with Gasteiger partial charge in [-0.05, 0) is 24.0 Å². The van der Waals surface area contributed by atoms with E-state index in [2.05, 4.69) is 51.9 Å². The van der Waals surface area contributed by atoms with E-state index < -0.39 is 0 Å². The van der Waals surface area contributed by atoms with Gasteiger partial charge in [0.1, 0.15) is 17.0 Å². The van der Waals surface area contributed by atoms with Crippen LogP contribution < -0.4 is 5.32 Å². The number of thiophene rings is 1. The fraction of sp³-hybridized carbons (Fsp3) is 0.294. The summed E-state index contributed by atoms with van der Waals surface area (Å²) in [5.41, 5.74) is 3.68.